The first kappa shape index (κ1) is 22.9. The van der Waals surface area contributed by atoms with Crippen molar-refractivity contribution in [2.24, 2.45) is 40.4 Å². The van der Waals surface area contributed by atoms with Crippen LogP contribution in [0.1, 0.15) is 66.7 Å². The van der Waals surface area contributed by atoms with E-state index < -0.39 is 35.6 Å². The molecule has 4 rings (SSSR count). The van der Waals surface area contributed by atoms with Crippen LogP contribution < -0.4 is 0 Å². The second-order valence-electron chi connectivity index (χ2n) is 11.2. The molecular formula is C26H38O5. The smallest absolute Gasteiger partial charge is 0.153 e. The van der Waals surface area contributed by atoms with Crippen molar-refractivity contribution in [3.63, 3.8) is 0 Å². The third-order valence-corrected chi connectivity index (χ3v) is 9.33. The van der Waals surface area contributed by atoms with Gasteiger partial charge < -0.3 is 15.3 Å². The number of ketones is 2. The number of unbranched alkanes of at least 4 members (excludes halogenated alkanes) is 2. The number of aliphatic hydroxyl groups excluding tert-OH is 2. The summed E-state index contributed by atoms with van der Waals surface area (Å²) < 4.78 is 0. The van der Waals surface area contributed by atoms with Crippen LogP contribution in [0.3, 0.4) is 0 Å². The van der Waals surface area contributed by atoms with Gasteiger partial charge in [-0.25, -0.2) is 0 Å². The number of carbonyl (C=O) groups excluding carboxylic acids is 2. The van der Waals surface area contributed by atoms with Crippen LogP contribution in [0.4, 0.5) is 0 Å². The van der Waals surface area contributed by atoms with Crippen LogP contribution in [0.5, 0.6) is 0 Å². The topological polar surface area (TPSA) is 94.8 Å². The summed E-state index contributed by atoms with van der Waals surface area (Å²) in [4.78, 5) is 27.6. The molecule has 172 valence electrons. The fourth-order valence-corrected chi connectivity index (χ4v) is 7.65. The van der Waals surface area contributed by atoms with Crippen molar-refractivity contribution in [2.45, 2.75) is 78.4 Å². The monoisotopic (exact) mass is 430 g/mol. The predicted octanol–water partition coefficient (Wildman–Crippen LogP) is 3.22. The van der Waals surface area contributed by atoms with E-state index in [0.29, 0.717) is 17.9 Å². The van der Waals surface area contributed by atoms with Crippen molar-refractivity contribution >= 4 is 11.6 Å². The number of carbonyl (C=O) groups is 2. The predicted molar refractivity (Wildman–Crippen MR) is 118 cm³/mol. The van der Waals surface area contributed by atoms with E-state index in [9.17, 15) is 24.9 Å². The molecule has 2 fully saturated rings. The summed E-state index contributed by atoms with van der Waals surface area (Å²) in [5.41, 5.74) is -2.32. The normalized spacial score (nSPS) is 45.1. The van der Waals surface area contributed by atoms with Crippen LogP contribution in [-0.2, 0) is 9.59 Å². The zero-order valence-electron chi connectivity index (χ0n) is 19.5. The standard InChI is InChI=1S/C26H38O5/c1-6-7-8-9-19(28)20-14(2)12-25-15(3)10-18-21(24(18,4)5)17(23(25)30)11-16(13-27)22(29)26(20,25)31/h11-12,15,17-18,20-22,27,29,31H,6-10,13H2,1-5H3/t15-,17+,18-,20-,21+,22-,25?,26-/m1/s1. The molecule has 4 aliphatic carbocycles. The van der Waals surface area contributed by atoms with Crippen molar-refractivity contribution in [1.82, 2.24) is 0 Å². The zero-order valence-corrected chi connectivity index (χ0v) is 19.5. The highest BCUT2D eigenvalue weighted by atomic mass is 16.3. The van der Waals surface area contributed by atoms with E-state index in [1.54, 1.807) is 6.08 Å². The summed E-state index contributed by atoms with van der Waals surface area (Å²) in [5, 5.41) is 33.9. The lowest BCUT2D eigenvalue weighted by Crippen LogP contribution is -2.64. The van der Waals surface area contributed by atoms with E-state index in [0.717, 1.165) is 25.7 Å². The Kier molecular flexibility index (Phi) is 5.43. The number of aliphatic hydroxyl groups is 3. The van der Waals surface area contributed by atoms with Gasteiger partial charge in [0.25, 0.3) is 0 Å². The number of Topliss-reactive ketones (excluding diaryl/α,β-unsaturated/α-hetero) is 2. The third kappa shape index (κ3) is 2.79. The van der Waals surface area contributed by atoms with Gasteiger partial charge >= 0.3 is 0 Å². The number of fused-ring (bicyclic) bond motifs is 3. The van der Waals surface area contributed by atoms with Crippen molar-refractivity contribution in [1.29, 1.82) is 0 Å². The molecule has 0 aliphatic heterocycles. The Morgan fingerprint density at radius 1 is 1.26 bits per heavy atom. The van der Waals surface area contributed by atoms with E-state index in [1.165, 1.54) is 0 Å². The Bertz CT molecular complexity index is 854. The molecule has 0 aromatic carbocycles. The lowest BCUT2D eigenvalue weighted by atomic mass is 9.57. The van der Waals surface area contributed by atoms with E-state index >= 15 is 0 Å². The molecule has 2 bridgehead atoms. The molecule has 0 aromatic heterocycles. The third-order valence-electron chi connectivity index (χ3n) is 9.33. The molecule has 8 atom stereocenters. The van der Waals surface area contributed by atoms with Gasteiger partial charge in [0, 0.05) is 12.3 Å². The Balaban J connectivity index is 1.87. The molecule has 0 heterocycles. The molecule has 0 aromatic rings. The molecule has 1 unspecified atom stereocenters. The first-order valence-corrected chi connectivity index (χ1v) is 12.0. The van der Waals surface area contributed by atoms with Gasteiger partial charge in [0.15, 0.2) is 5.78 Å². The van der Waals surface area contributed by atoms with E-state index in [4.69, 9.17) is 0 Å². The van der Waals surface area contributed by atoms with Crippen LogP contribution >= 0.6 is 0 Å². The average Bonchev–Trinajstić information content (AvgIpc) is 3.17. The molecule has 5 heteroatoms. The Hall–Kier alpha value is -1.30. The minimum absolute atomic E-state index is 0.00735. The highest BCUT2D eigenvalue weighted by Gasteiger charge is 2.76. The fourth-order valence-electron chi connectivity index (χ4n) is 7.65. The van der Waals surface area contributed by atoms with Gasteiger partial charge in [-0.2, -0.15) is 0 Å². The SMILES string of the molecule is CCCCCC(=O)[C@H]1C(C)=CC23C(=O)[C@@H](C=C(CO)[C@@H](O)[C@]12O)[C@H]1[C@@H](C[C@H]3C)C1(C)C. The second-order valence-corrected chi connectivity index (χ2v) is 11.2. The molecule has 0 radical (unpaired) electrons. The maximum atomic E-state index is 14.2. The molecule has 0 saturated heterocycles. The van der Waals surface area contributed by atoms with Crippen molar-refractivity contribution in [2.75, 3.05) is 6.61 Å². The number of hydrogen-bond acceptors (Lipinski definition) is 5. The van der Waals surface area contributed by atoms with E-state index in [1.807, 2.05) is 19.9 Å². The Morgan fingerprint density at radius 2 is 1.94 bits per heavy atom. The number of allylic oxidation sites excluding steroid dienone is 1. The maximum Gasteiger partial charge on any atom is 0.153 e. The van der Waals surface area contributed by atoms with Crippen molar-refractivity contribution < 1.29 is 24.9 Å². The second kappa shape index (κ2) is 7.36. The van der Waals surface area contributed by atoms with Gasteiger partial charge in [0.1, 0.15) is 17.5 Å². The fraction of sp³-hybridized carbons (Fsp3) is 0.769. The molecule has 2 saturated carbocycles. The lowest BCUT2D eigenvalue weighted by molar-refractivity contribution is -0.180. The molecule has 4 aliphatic rings. The molecule has 1 spiro atoms. The highest BCUT2D eigenvalue weighted by molar-refractivity contribution is 5.98. The molecule has 5 nitrogen and oxygen atoms in total. The van der Waals surface area contributed by atoms with Gasteiger partial charge in [-0.1, -0.05) is 58.3 Å². The summed E-state index contributed by atoms with van der Waals surface area (Å²) in [5.74, 6) is -1.34. The van der Waals surface area contributed by atoms with Gasteiger partial charge in [-0.05, 0) is 48.5 Å². The van der Waals surface area contributed by atoms with Gasteiger partial charge in [-0.3, -0.25) is 9.59 Å². The highest BCUT2D eigenvalue weighted by Crippen LogP contribution is 2.72. The molecule has 3 N–H and O–H groups in total. The zero-order chi connectivity index (χ0) is 22.9. The summed E-state index contributed by atoms with van der Waals surface area (Å²) in [7, 11) is 0. The minimum Gasteiger partial charge on any atom is -0.392 e. The largest absolute Gasteiger partial charge is 0.392 e. The number of rotatable bonds is 6. The quantitative estimate of drug-likeness (QED) is 0.444. The van der Waals surface area contributed by atoms with Crippen molar-refractivity contribution in [3.05, 3.63) is 23.3 Å². The van der Waals surface area contributed by atoms with E-state index in [2.05, 4.69) is 20.8 Å². The van der Waals surface area contributed by atoms with Crippen LogP contribution in [-0.4, -0.2) is 45.2 Å². The average molecular weight is 431 g/mol. The first-order valence-electron chi connectivity index (χ1n) is 12.0. The summed E-state index contributed by atoms with van der Waals surface area (Å²) in [6.07, 6.45) is 5.81. The van der Waals surface area contributed by atoms with Crippen LogP contribution in [0.15, 0.2) is 23.3 Å². The molecule has 31 heavy (non-hydrogen) atoms. The minimum atomic E-state index is -1.96. The van der Waals surface area contributed by atoms with Crippen LogP contribution in [0.25, 0.3) is 0 Å². The molecule has 0 amide bonds. The van der Waals surface area contributed by atoms with Crippen LogP contribution in [0, 0.1) is 40.4 Å². The van der Waals surface area contributed by atoms with Crippen LogP contribution in [0.2, 0.25) is 0 Å². The summed E-state index contributed by atoms with van der Waals surface area (Å²) >= 11 is 0. The lowest BCUT2D eigenvalue weighted by Gasteiger charge is -2.49. The summed E-state index contributed by atoms with van der Waals surface area (Å²) in [6, 6.07) is 0. The number of hydrogen-bond donors (Lipinski definition) is 3. The van der Waals surface area contributed by atoms with Gasteiger partial charge in [0.2, 0.25) is 0 Å². The molecular weight excluding hydrogens is 392 g/mol. The first-order chi connectivity index (χ1) is 14.5. The summed E-state index contributed by atoms with van der Waals surface area (Å²) in [6.45, 7) is 9.78. The Labute approximate surface area is 185 Å². The van der Waals surface area contributed by atoms with Crippen molar-refractivity contribution in [3.8, 4) is 0 Å². The van der Waals surface area contributed by atoms with Gasteiger partial charge in [-0.15, -0.1) is 0 Å². The maximum absolute atomic E-state index is 14.2. The Morgan fingerprint density at radius 3 is 2.55 bits per heavy atom. The van der Waals surface area contributed by atoms with Gasteiger partial charge in [0.05, 0.1) is 17.9 Å². The van der Waals surface area contributed by atoms with E-state index in [-0.39, 0.29) is 34.4 Å².